The summed E-state index contributed by atoms with van der Waals surface area (Å²) >= 11 is 0. The SMILES string of the molecule is CC(C)N(CCO)c1ccnc(C2CC2)n1. The molecule has 0 aromatic carbocycles. The zero-order valence-electron chi connectivity index (χ0n) is 9.93. The first-order chi connectivity index (χ1) is 7.72. The van der Waals surface area contributed by atoms with Gasteiger partial charge in [0, 0.05) is 24.7 Å². The van der Waals surface area contributed by atoms with Crippen molar-refractivity contribution in [3.63, 3.8) is 0 Å². The number of anilines is 1. The van der Waals surface area contributed by atoms with Crippen LogP contribution in [0.1, 0.15) is 38.4 Å². The van der Waals surface area contributed by atoms with Crippen molar-refractivity contribution in [3.05, 3.63) is 18.1 Å². The van der Waals surface area contributed by atoms with Crippen LogP contribution in [0.15, 0.2) is 12.3 Å². The molecule has 4 nitrogen and oxygen atoms in total. The zero-order chi connectivity index (χ0) is 11.5. The molecule has 88 valence electrons. The minimum Gasteiger partial charge on any atom is -0.395 e. The van der Waals surface area contributed by atoms with Crippen LogP contribution < -0.4 is 4.90 Å². The van der Waals surface area contributed by atoms with E-state index in [1.807, 2.05) is 12.3 Å². The molecule has 1 saturated carbocycles. The molecule has 1 N–H and O–H groups in total. The Bertz CT molecular complexity index is 350. The predicted octanol–water partition coefficient (Wildman–Crippen LogP) is 1.56. The van der Waals surface area contributed by atoms with E-state index in [1.165, 1.54) is 12.8 Å². The normalized spacial score (nSPS) is 15.5. The van der Waals surface area contributed by atoms with Gasteiger partial charge in [-0.3, -0.25) is 0 Å². The molecule has 1 aliphatic carbocycles. The molecule has 0 unspecified atom stereocenters. The van der Waals surface area contributed by atoms with E-state index in [2.05, 4.69) is 28.7 Å². The van der Waals surface area contributed by atoms with Gasteiger partial charge in [0.25, 0.3) is 0 Å². The molecule has 0 saturated heterocycles. The Morgan fingerprint density at radius 2 is 2.25 bits per heavy atom. The smallest absolute Gasteiger partial charge is 0.133 e. The van der Waals surface area contributed by atoms with Crippen molar-refractivity contribution < 1.29 is 5.11 Å². The lowest BCUT2D eigenvalue weighted by Crippen LogP contribution is -2.34. The van der Waals surface area contributed by atoms with Crippen molar-refractivity contribution in [1.29, 1.82) is 0 Å². The molecule has 16 heavy (non-hydrogen) atoms. The van der Waals surface area contributed by atoms with Crippen LogP contribution in [0.25, 0.3) is 0 Å². The van der Waals surface area contributed by atoms with Gasteiger partial charge in [-0.25, -0.2) is 9.97 Å². The molecular weight excluding hydrogens is 202 g/mol. The second kappa shape index (κ2) is 4.78. The maximum atomic E-state index is 9.05. The molecular formula is C12H19N3O. The number of nitrogens with zero attached hydrogens (tertiary/aromatic N) is 3. The molecule has 0 amide bonds. The minimum absolute atomic E-state index is 0.154. The quantitative estimate of drug-likeness (QED) is 0.819. The summed E-state index contributed by atoms with van der Waals surface area (Å²) in [5.74, 6) is 2.46. The summed E-state index contributed by atoms with van der Waals surface area (Å²) in [4.78, 5) is 11.0. The summed E-state index contributed by atoms with van der Waals surface area (Å²) < 4.78 is 0. The van der Waals surface area contributed by atoms with E-state index in [-0.39, 0.29) is 6.61 Å². The number of hydrogen-bond acceptors (Lipinski definition) is 4. The molecule has 0 bridgehead atoms. The highest BCUT2D eigenvalue weighted by atomic mass is 16.3. The van der Waals surface area contributed by atoms with Gasteiger partial charge in [-0.05, 0) is 32.8 Å². The lowest BCUT2D eigenvalue weighted by atomic mass is 10.3. The Hall–Kier alpha value is -1.16. The molecule has 1 aliphatic rings. The molecule has 0 atom stereocenters. The lowest BCUT2D eigenvalue weighted by molar-refractivity contribution is 0.298. The highest BCUT2D eigenvalue weighted by Crippen LogP contribution is 2.38. The Labute approximate surface area is 96.3 Å². The third kappa shape index (κ3) is 2.50. The maximum absolute atomic E-state index is 9.05. The van der Waals surface area contributed by atoms with Crippen molar-refractivity contribution >= 4 is 5.82 Å². The van der Waals surface area contributed by atoms with E-state index >= 15 is 0 Å². The van der Waals surface area contributed by atoms with Crippen molar-refractivity contribution in [2.24, 2.45) is 0 Å². The van der Waals surface area contributed by atoms with Gasteiger partial charge >= 0.3 is 0 Å². The van der Waals surface area contributed by atoms with E-state index in [9.17, 15) is 0 Å². The van der Waals surface area contributed by atoms with E-state index in [4.69, 9.17) is 5.11 Å². The molecule has 1 heterocycles. The van der Waals surface area contributed by atoms with Crippen LogP contribution in [0.4, 0.5) is 5.82 Å². The highest BCUT2D eigenvalue weighted by molar-refractivity contribution is 5.39. The van der Waals surface area contributed by atoms with E-state index in [0.717, 1.165) is 11.6 Å². The van der Waals surface area contributed by atoms with Crippen LogP contribution in [0.3, 0.4) is 0 Å². The largest absolute Gasteiger partial charge is 0.395 e. The monoisotopic (exact) mass is 221 g/mol. The van der Waals surface area contributed by atoms with Crippen molar-refractivity contribution in [3.8, 4) is 0 Å². The Morgan fingerprint density at radius 3 is 2.81 bits per heavy atom. The molecule has 4 heteroatoms. The summed E-state index contributed by atoms with van der Waals surface area (Å²) in [6.45, 7) is 4.99. The Kier molecular flexibility index (Phi) is 3.39. The molecule has 2 rings (SSSR count). The van der Waals surface area contributed by atoms with Gasteiger partial charge in [0.1, 0.15) is 11.6 Å². The topological polar surface area (TPSA) is 49.2 Å². The van der Waals surface area contributed by atoms with E-state index < -0.39 is 0 Å². The van der Waals surface area contributed by atoms with Crippen molar-refractivity contribution in [2.45, 2.75) is 38.6 Å². The van der Waals surface area contributed by atoms with Crippen LogP contribution in [0, 0.1) is 0 Å². The van der Waals surface area contributed by atoms with Gasteiger partial charge in [0.15, 0.2) is 0 Å². The number of hydrogen-bond donors (Lipinski definition) is 1. The van der Waals surface area contributed by atoms with Gasteiger partial charge in [-0.1, -0.05) is 0 Å². The van der Waals surface area contributed by atoms with Crippen LogP contribution in [0.2, 0.25) is 0 Å². The van der Waals surface area contributed by atoms with Crippen LogP contribution >= 0.6 is 0 Å². The van der Waals surface area contributed by atoms with E-state index in [0.29, 0.717) is 18.5 Å². The first-order valence-corrected chi connectivity index (χ1v) is 5.93. The van der Waals surface area contributed by atoms with Gasteiger partial charge in [0.2, 0.25) is 0 Å². The summed E-state index contributed by atoms with van der Waals surface area (Å²) in [6, 6.07) is 2.26. The van der Waals surface area contributed by atoms with Gasteiger partial charge in [-0.15, -0.1) is 0 Å². The second-order valence-electron chi connectivity index (χ2n) is 4.56. The van der Waals surface area contributed by atoms with Crippen LogP contribution in [0.5, 0.6) is 0 Å². The first-order valence-electron chi connectivity index (χ1n) is 5.93. The number of aliphatic hydroxyl groups is 1. The highest BCUT2D eigenvalue weighted by Gasteiger charge is 2.27. The molecule has 0 spiro atoms. The average molecular weight is 221 g/mol. The third-order valence-electron chi connectivity index (χ3n) is 2.86. The van der Waals surface area contributed by atoms with E-state index in [1.54, 1.807) is 0 Å². The molecule has 1 aromatic rings. The van der Waals surface area contributed by atoms with Gasteiger partial charge < -0.3 is 10.0 Å². The van der Waals surface area contributed by atoms with Crippen LogP contribution in [-0.4, -0.2) is 34.3 Å². The summed E-state index contributed by atoms with van der Waals surface area (Å²) in [5.41, 5.74) is 0. The fourth-order valence-corrected chi connectivity index (χ4v) is 1.81. The fourth-order valence-electron chi connectivity index (χ4n) is 1.81. The number of rotatable bonds is 5. The Morgan fingerprint density at radius 1 is 1.50 bits per heavy atom. The molecule has 0 radical (unpaired) electrons. The number of aliphatic hydroxyl groups excluding tert-OH is 1. The minimum atomic E-state index is 0.154. The summed E-state index contributed by atoms with van der Waals surface area (Å²) in [5, 5.41) is 9.05. The maximum Gasteiger partial charge on any atom is 0.133 e. The summed E-state index contributed by atoms with van der Waals surface area (Å²) in [7, 11) is 0. The Balaban J connectivity index is 2.19. The summed E-state index contributed by atoms with van der Waals surface area (Å²) in [6.07, 6.45) is 4.25. The first kappa shape index (κ1) is 11.3. The van der Waals surface area contributed by atoms with Gasteiger partial charge in [0.05, 0.1) is 6.61 Å². The second-order valence-corrected chi connectivity index (χ2v) is 4.56. The lowest BCUT2D eigenvalue weighted by Gasteiger charge is -2.27. The molecule has 1 aromatic heterocycles. The molecule has 0 aliphatic heterocycles. The standard InChI is InChI=1S/C12H19N3O/c1-9(2)15(7-8-16)11-5-6-13-12(14-11)10-3-4-10/h5-6,9-10,16H,3-4,7-8H2,1-2H3. The zero-order valence-corrected chi connectivity index (χ0v) is 9.93. The number of aromatic nitrogens is 2. The molecule has 1 fully saturated rings. The predicted molar refractivity (Wildman–Crippen MR) is 63.6 cm³/mol. The average Bonchev–Trinajstić information content (AvgIpc) is 3.09. The third-order valence-corrected chi connectivity index (χ3v) is 2.86. The van der Waals surface area contributed by atoms with Crippen LogP contribution in [-0.2, 0) is 0 Å². The van der Waals surface area contributed by atoms with Gasteiger partial charge in [-0.2, -0.15) is 0 Å². The fraction of sp³-hybridized carbons (Fsp3) is 0.667. The van der Waals surface area contributed by atoms with Crippen molar-refractivity contribution in [1.82, 2.24) is 9.97 Å². The van der Waals surface area contributed by atoms with Crippen molar-refractivity contribution in [2.75, 3.05) is 18.1 Å².